The van der Waals surface area contributed by atoms with Crippen LogP contribution in [0.5, 0.6) is 5.75 Å². The smallest absolute Gasteiger partial charge is 0.417 e. The van der Waals surface area contributed by atoms with E-state index in [1.54, 1.807) is 24.3 Å². The molecule has 212 valence electrons. The molecule has 10 nitrogen and oxygen atoms in total. The molecule has 1 aliphatic rings. The Morgan fingerprint density at radius 1 is 1.21 bits per heavy atom. The number of hydrazone groups is 1. The van der Waals surface area contributed by atoms with Gasteiger partial charge in [-0.25, -0.2) is 13.8 Å². The predicted octanol–water partition coefficient (Wildman–Crippen LogP) is 2.95. The minimum atomic E-state index is -4.82. The molecule has 1 heterocycles. The molecule has 1 atom stereocenters. The van der Waals surface area contributed by atoms with E-state index in [9.17, 15) is 31.2 Å². The number of hydrogen-bond donors (Lipinski definition) is 2. The first-order chi connectivity index (χ1) is 18.3. The largest absolute Gasteiger partial charge is 0.484 e. The lowest BCUT2D eigenvalue weighted by Gasteiger charge is -2.22. The van der Waals surface area contributed by atoms with Gasteiger partial charge in [0, 0.05) is 13.2 Å². The van der Waals surface area contributed by atoms with Crippen LogP contribution in [0, 0.1) is 0 Å². The third-order valence-corrected chi connectivity index (χ3v) is 6.90. The maximum absolute atomic E-state index is 13.2. The lowest BCUT2D eigenvalue weighted by molar-refractivity contribution is -0.137. The minimum absolute atomic E-state index is 0.0298. The van der Waals surface area contributed by atoms with Crippen molar-refractivity contribution in [2.75, 3.05) is 36.9 Å². The summed E-state index contributed by atoms with van der Waals surface area (Å²) in [5, 5.41) is 5.88. The van der Waals surface area contributed by atoms with Gasteiger partial charge >= 0.3 is 6.18 Å². The Balaban J connectivity index is 1.52. The van der Waals surface area contributed by atoms with Crippen molar-refractivity contribution in [2.24, 2.45) is 5.10 Å². The second-order valence-corrected chi connectivity index (χ2v) is 10.8. The molecule has 0 aliphatic carbocycles. The standard InChI is InChI=1S/C24H26ClF3N4O6S/c1-39(35,36)32(17-6-9-21(25)20(11-17)24(26,27)28)14-22(33)31-30-12-16-4-7-18(8-5-16)38-15-23(34)29-13-19-3-2-10-37-19/h4-9,11-12,19H,2-3,10,13-15H2,1H3,(H,29,34)(H,31,33)/b30-12-/t19-/m0/s1. The number of sulfonamides is 1. The van der Waals surface area contributed by atoms with Crippen LogP contribution in [0.1, 0.15) is 24.0 Å². The summed E-state index contributed by atoms with van der Waals surface area (Å²) in [6.45, 7) is 0.131. The van der Waals surface area contributed by atoms with E-state index >= 15 is 0 Å². The maximum atomic E-state index is 13.2. The number of amides is 2. The SMILES string of the molecule is CS(=O)(=O)N(CC(=O)N/N=C\c1ccc(OCC(=O)NC[C@@H]2CCCO2)cc1)c1ccc(Cl)c(C(F)(F)F)c1. The fourth-order valence-corrected chi connectivity index (χ4v) is 4.59. The van der Waals surface area contributed by atoms with E-state index in [4.69, 9.17) is 21.1 Å². The van der Waals surface area contributed by atoms with Gasteiger partial charge in [0.05, 0.1) is 34.8 Å². The summed E-state index contributed by atoms with van der Waals surface area (Å²) in [6, 6.07) is 8.89. The van der Waals surface area contributed by atoms with E-state index in [1.165, 1.54) is 6.21 Å². The van der Waals surface area contributed by atoms with Crippen molar-refractivity contribution >= 4 is 45.3 Å². The second-order valence-electron chi connectivity index (χ2n) is 8.52. The van der Waals surface area contributed by atoms with Crippen LogP contribution >= 0.6 is 11.6 Å². The Bertz CT molecular complexity index is 1300. The first kappa shape index (κ1) is 30.2. The zero-order valence-corrected chi connectivity index (χ0v) is 22.3. The Morgan fingerprint density at radius 3 is 2.54 bits per heavy atom. The molecule has 0 saturated carbocycles. The Morgan fingerprint density at radius 2 is 1.92 bits per heavy atom. The summed E-state index contributed by atoms with van der Waals surface area (Å²) in [4.78, 5) is 24.2. The van der Waals surface area contributed by atoms with Crippen LogP contribution in [0.2, 0.25) is 5.02 Å². The molecular formula is C24H26ClF3N4O6S. The van der Waals surface area contributed by atoms with Gasteiger partial charge in [0.25, 0.3) is 11.8 Å². The monoisotopic (exact) mass is 590 g/mol. The zero-order chi connectivity index (χ0) is 28.6. The molecular weight excluding hydrogens is 565 g/mol. The Labute approximate surface area is 228 Å². The highest BCUT2D eigenvalue weighted by atomic mass is 35.5. The second kappa shape index (κ2) is 13.1. The van der Waals surface area contributed by atoms with Crippen LogP contribution < -0.4 is 19.8 Å². The van der Waals surface area contributed by atoms with Crippen molar-refractivity contribution in [1.29, 1.82) is 0 Å². The summed E-state index contributed by atoms with van der Waals surface area (Å²) >= 11 is 5.59. The van der Waals surface area contributed by atoms with Gasteiger partial charge < -0.3 is 14.8 Å². The van der Waals surface area contributed by atoms with E-state index in [1.807, 2.05) is 0 Å². The highest BCUT2D eigenvalue weighted by Gasteiger charge is 2.34. The third kappa shape index (κ3) is 9.41. The van der Waals surface area contributed by atoms with Crippen LogP contribution in [-0.4, -0.2) is 65.1 Å². The lowest BCUT2D eigenvalue weighted by Crippen LogP contribution is -2.39. The molecule has 2 aromatic carbocycles. The van der Waals surface area contributed by atoms with E-state index in [-0.39, 0.29) is 24.3 Å². The number of hydrogen-bond acceptors (Lipinski definition) is 7. The first-order valence-corrected chi connectivity index (χ1v) is 13.8. The molecule has 1 saturated heterocycles. The summed E-state index contributed by atoms with van der Waals surface area (Å²) in [5.41, 5.74) is 1.05. The fraction of sp³-hybridized carbons (Fsp3) is 0.375. The number of halogens is 4. The van der Waals surface area contributed by atoms with Crippen LogP contribution in [0.3, 0.4) is 0 Å². The van der Waals surface area contributed by atoms with Gasteiger partial charge in [-0.3, -0.25) is 13.9 Å². The minimum Gasteiger partial charge on any atom is -0.484 e. The lowest BCUT2D eigenvalue weighted by atomic mass is 10.2. The highest BCUT2D eigenvalue weighted by molar-refractivity contribution is 7.92. The van der Waals surface area contributed by atoms with E-state index < -0.39 is 39.2 Å². The van der Waals surface area contributed by atoms with Gasteiger partial charge in [-0.05, 0) is 60.9 Å². The van der Waals surface area contributed by atoms with Crippen LogP contribution in [0.25, 0.3) is 0 Å². The van der Waals surface area contributed by atoms with Crippen molar-refractivity contribution in [3.05, 3.63) is 58.6 Å². The van der Waals surface area contributed by atoms with Gasteiger partial charge in [-0.15, -0.1) is 0 Å². The third-order valence-electron chi connectivity index (χ3n) is 5.43. The molecule has 1 aliphatic heterocycles. The van der Waals surface area contributed by atoms with Crippen molar-refractivity contribution < 1.29 is 40.7 Å². The molecule has 2 aromatic rings. The fourth-order valence-electron chi connectivity index (χ4n) is 3.51. The number of rotatable bonds is 11. The Kier molecular flexibility index (Phi) is 10.2. The van der Waals surface area contributed by atoms with Gasteiger partial charge in [-0.1, -0.05) is 11.6 Å². The molecule has 3 rings (SSSR count). The topological polar surface area (TPSA) is 126 Å². The van der Waals surface area contributed by atoms with Crippen LogP contribution in [-0.2, 0) is 30.5 Å². The maximum Gasteiger partial charge on any atom is 0.417 e. The van der Waals surface area contributed by atoms with E-state index in [0.717, 1.165) is 31.2 Å². The molecule has 2 N–H and O–H groups in total. The number of nitrogens with zero attached hydrogens (tertiary/aromatic N) is 2. The first-order valence-electron chi connectivity index (χ1n) is 11.6. The van der Waals surface area contributed by atoms with Crippen molar-refractivity contribution in [3.8, 4) is 5.75 Å². The van der Waals surface area contributed by atoms with Crippen LogP contribution in [0.4, 0.5) is 18.9 Å². The number of carbonyl (C=O) groups is 2. The van der Waals surface area contributed by atoms with E-state index in [0.29, 0.717) is 34.8 Å². The van der Waals surface area contributed by atoms with Gasteiger partial charge in [0.15, 0.2) is 6.61 Å². The molecule has 0 bridgehead atoms. The van der Waals surface area contributed by atoms with Crippen molar-refractivity contribution in [3.63, 3.8) is 0 Å². The molecule has 15 heteroatoms. The van der Waals surface area contributed by atoms with E-state index in [2.05, 4.69) is 15.8 Å². The number of anilines is 1. The zero-order valence-electron chi connectivity index (χ0n) is 20.7. The molecule has 0 unspecified atom stereocenters. The average molecular weight is 591 g/mol. The van der Waals surface area contributed by atoms with Gasteiger partial charge in [0.1, 0.15) is 12.3 Å². The number of nitrogens with one attached hydrogen (secondary N) is 2. The summed E-state index contributed by atoms with van der Waals surface area (Å²) in [5.74, 6) is -0.752. The number of ether oxygens (including phenoxy) is 2. The van der Waals surface area contributed by atoms with Gasteiger partial charge in [-0.2, -0.15) is 18.3 Å². The molecule has 39 heavy (non-hydrogen) atoms. The van der Waals surface area contributed by atoms with Gasteiger partial charge in [0.2, 0.25) is 10.0 Å². The molecule has 2 amide bonds. The summed E-state index contributed by atoms with van der Waals surface area (Å²) < 4.78 is 75.3. The normalized spacial score (nSPS) is 15.8. The number of carbonyl (C=O) groups excluding carboxylic acids is 2. The predicted molar refractivity (Wildman–Crippen MR) is 138 cm³/mol. The average Bonchev–Trinajstić information content (AvgIpc) is 3.38. The summed E-state index contributed by atoms with van der Waals surface area (Å²) in [7, 11) is -4.13. The molecule has 0 radical (unpaired) electrons. The Hall–Kier alpha value is -3.36. The van der Waals surface area contributed by atoms with Crippen molar-refractivity contribution in [1.82, 2.24) is 10.7 Å². The molecule has 1 fully saturated rings. The number of benzene rings is 2. The highest BCUT2D eigenvalue weighted by Crippen LogP contribution is 2.37. The molecule has 0 spiro atoms. The van der Waals surface area contributed by atoms with Crippen LogP contribution in [0.15, 0.2) is 47.6 Å². The number of alkyl halides is 3. The van der Waals surface area contributed by atoms with Crippen molar-refractivity contribution in [2.45, 2.75) is 25.1 Å². The molecule has 0 aromatic heterocycles. The summed E-state index contributed by atoms with van der Waals surface area (Å²) in [6.07, 6.45) is -0.882. The quantitative estimate of drug-likeness (QED) is 0.306.